The Kier molecular flexibility index (Phi) is 4.88. The maximum absolute atomic E-state index is 13.1. The third-order valence-corrected chi connectivity index (χ3v) is 5.83. The predicted octanol–water partition coefficient (Wildman–Crippen LogP) is 5.20. The summed E-state index contributed by atoms with van der Waals surface area (Å²) in [6.07, 6.45) is 2.23. The van der Waals surface area contributed by atoms with E-state index in [4.69, 9.17) is 8.83 Å². The molecule has 3 heterocycles. The Labute approximate surface area is 177 Å². The van der Waals surface area contributed by atoms with Crippen LogP contribution in [0.15, 0.2) is 86.1 Å². The van der Waals surface area contributed by atoms with Crippen molar-refractivity contribution in [2.24, 2.45) is 5.10 Å². The van der Waals surface area contributed by atoms with E-state index in [1.807, 2.05) is 67.6 Å². The molecule has 0 bridgehead atoms. The molecule has 1 atom stereocenters. The molecule has 1 aliphatic heterocycles. The summed E-state index contributed by atoms with van der Waals surface area (Å²) in [6.45, 7) is 2.05. The van der Waals surface area contributed by atoms with Gasteiger partial charge in [0.25, 0.3) is 11.1 Å². The van der Waals surface area contributed by atoms with Crippen molar-refractivity contribution in [2.45, 2.75) is 24.6 Å². The van der Waals surface area contributed by atoms with Gasteiger partial charge < -0.3 is 8.83 Å². The number of benzene rings is 2. The van der Waals surface area contributed by atoms with Gasteiger partial charge >= 0.3 is 0 Å². The number of carbonyl (C=O) groups is 1. The zero-order valence-electron chi connectivity index (χ0n) is 16.3. The van der Waals surface area contributed by atoms with Gasteiger partial charge in [0.2, 0.25) is 0 Å². The van der Waals surface area contributed by atoms with Crippen molar-refractivity contribution in [3.8, 4) is 0 Å². The minimum Gasteiger partial charge on any atom is -0.467 e. The molecular formula is C23H19N3O3S. The lowest BCUT2D eigenvalue weighted by molar-refractivity contribution is -0.130. The van der Waals surface area contributed by atoms with Gasteiger partial charge in [0.15, 0.2) is 5.58 Å². The van der Waals surface area contributed by atoms with Gasteiger partial charge in [-0.25, -0.2) is 9.99 Å². The zero-order valence-corrected chi connectivity index (χ0v) is 17.1. The standard InChI is InChI=1S/C23H19N3O3S/c1-15-8-10-16(11-9-15)18-13-19(21-7-4-12-28-21)26(25-18)22(27)14-30-23-24-17-5-2-3-6-20(17)29-23/h2-12,19H,13-14H2,1H3. The molecule has 0 aliphatic carbocycles. The first-order valence-electron chi connectivity index (χ1n) is 9.66. The van der Waals surface area contributed by atoms with Crippen LogP contribution in [0.3, 0.4) is 0 Å². The highest BCUT2D eigenvalue weighted by atomic mass is 32.2. The Morgan fingerprint density at radius 1 is 1.13 bits per heavy atom. The van der Waals surface area contributed by atoms with Crippen LogP contribution in [-0.2, 0) is 4.79 Å². The second-order valence-electron chi connectivity index (χ2n) is 7.12. The van der Waals surface area contributed by atoms with E-state index in [-0.39, 0.29) is 17.7 Å². The van der Waals surface area contributed by atoms with E-state index in [2.05, 4.69) is 10.1 Å². The van der Waals surface area contributed by atoms with E-state index in [0.717, 1.165) is 22.6 Å². The van der Waals surface area contributed by atoms with Crippen molar-refractivity contribution in [1.82, 2.24) is 9.99 Å². The molecule has 30 heavy (non-hydrogen) atoms. The van der Waals surface area contributed by atoms with Gasteiger partial charge in [0, 0.05) is 6.42 Å². The highest BCUT2D eigenvalue weighted by molar-refractivity contribution is 7.99. The number of thioether (sulfide) groups is 1. The zero-order chi connectivity index (χ0) is 20.5. The Morgan fingerprint density at radius 3 is 2.73 bits per heavy atom. The molecule has 2 aromatic carbocycles. The number of hydrazone groups is 1. The van der Waals surface area contributed by atoms with Gasteiger partial charge in [-0.15, -0.1) is 0 Å². The number of para-hydroxylation sites is 2. The molecule has 0 saturated heterocycles. The monoisotopic (exact) mass is 417 g/mol. The Hall–Kier alpha value is -3.32. The first-order chi connectivity index (χ1) is 14.7. The third-order valence-electron chi connectivity index (χ3n) is 5.02. The molecule has 0 fully saturated rings. The smallest absolute Gasteiger partial charge is 0.257 e. The average Bonchev–Trinajstić information content (AvgIpc) is 3.51. The first-order valence-corrected chi connectivity index (χ1v) is 10.6. The third kappa shape index (κ3) is 3.64. The summed E-state index contributed by atoms with van der Waals surface area (Å²) >= 11 is 1.27. The molecule has 1 unspecified atom stereocenters. The molecule has 0 spiro atoms. The number of furan rings is 1. The van der Waals surface area contributed by atoms with Crippen LogP contribution in [0.5, 0.6) is 0 Å². The van der Waals surface area contributed by atoms with Crippen LogP contribution in [0.1, 0.15) is 29.3 Å². The summed E-state index contributed by atoms with van der Waals surface area (Å²) in [4.78, 5) is 17.5. The molecule has 0 saturated carbocycles. The number of carbonyl (C=O) groups excluding carboxylic acids is 1. The van der Waals surface area contributed by atoms with Crippen molar-refractivity contribution < 1.29 is 13.6 Å². The van der Waals surface area contributed by atoms with Gasteiger partial charge in [-0.3, -0.25) is 4.79 Å². The topological polar surface area (TPSA) is 71.8 Å². The molecule has 0 N–H and O–H groups in total. The van der Waals surface area contributed by atoms with Crippen molar-refractivity contribution in [2.75, 3.05) is 5.75 Å². The van der Waals surface area contributed by atoms with Gasteiger partial charge in [-0.1, -0.05) is 53.7 Å². The summed E-state index contributed by atoms with van der Waals surface area (Å²) in [6, 6.07) is 19.2. The maximum Gasteiger partial charge on any atom is 0.257 e. The number of hydrogen-bond acceptors (Lipinski definition) is 6. The summed E-state index contributed by atoms with van der Waals surface area (Å²) in [7, 11) is 0. The molecule has 5 rings (SSSR count). The number of hydrogen-bond donors (Lipinski definition) is 0. The summed E-state index contributed by atoms with van der Waals surface area (Å²) in [5.74, 6) is 0.779. The minimum absolute atomic E-state index is 0.120. The van der Waals surface area contributed by atoms with Crippen LogP contribution in [0.4, 0.5) is 0 Å². The van der Waals surface area contributed by atoms with Crippen LogP contribution in [0.25, 0.3) is 11.1 Å². The molecule has 2 aromatic heterocycles. The summed E-state index contributed by atoms with van der Waals surface area (Å²) in [5.41, 5.74) is 4.56. The van der Waals surface area contributed by atoms with Gasteiger partial charge in [-0.05, 0) is 36.8 Å². The highest BCUT2D eigenvalue weighted by Crippen LogP contribution is 2.34. The van der Waals surface area contributed by atoms with E-state index in [0.29, 0.717) is 17.2 Å². The lowest BCUT2D eigenvalue weighted by Gasteiger charge is -2.19. The molecule has 4 aromatic rings. The molecule has 6 nitrogen and oxygen atoms in total. The van der Waals surface area contributed by atoms with Crippen molar-refractivity contribution in [3.63, 3.8) is 0 Å². The average molecular weight is 417 g/mol. The van der Waals surface area contributed by atoms with E-state index >= 15 is 0 Å². The number of nitrogens with zero attached hydrogens (tertiary/aromatic N) is 3. The minimum atomic E-state index is -0.256. The summed E-state index contributed by atoms with van der Waals surface area (Å²) < 4.78 is 11.3. The molecule has 0 radical (unpaired) electrons. The Balaban J connectivity index is 1.37. The van der Waals surface area contributed by atoms with Crippen LogP contribution >= 0.6 is 11.8 Å². The summed E-state index contributed by atoms with van der Waals surface area (Å²) in [5, 5.41) is 6.66. The number of aromatic nitrogens is 1. The predicted molar refractivity (Wildman–Crippen MR) is 115 cm³/mol. The van der Waals surface area contributed by atoms with Crippen LogP contribution in [-0.4, -0.2) is 27.4 Å². The number of rotatable bonds is 5. The largest absolute Gasteiger partial charge is 0.467 e. The first kappa shape index (κ1) is 18.7. The number of fused-ring (bicyclic) bond motifs is 1. The van der Waals surface area contributed by atoms with E-state index in [1.54, 1.807) is 6.26 Å². The van der Waals surface area contributed by atoms with Crippen molar-refractivity contribution in [1.29, 1.82) is 0 Å². The lowest BCUT2D eigenvalue weighted by Crippen LogP contribution is -2.28. The van der Waals surface area contributed by atoms with E-state index in [9.17, 15) is 4.79 Å². The van der Waals surface area contributed by atoms with Crippen LogP contribution in [0, 0.1) is 6.92 Å². The van der Waals surface area contributed by atoms with Crippen LogP contribution < -0.4 is 0 Å². The lowest BCUT2D eigenvalue weighted by atomic mass is 10.0. The SMILES string of the molecule is Cc1ccc(C2=NN(C(=O)CSc3nc4ccccc4o3)C(c3ccco3)C2)cc1. The molecule has 1 aliphatic rings. The fraction of sp³-hybridized carbons (Fsp3) is 0.174. The van der Waals surface area contributed by atoms with Gasteiger partial charge in [0.1, 0.15) is 17.3 Å². The van der Waals surface area contributed by atoms with Gasteiger partial charge in [0.05, 0.1) is 17.7 Å². The molecular weight excluding hydrogens is 398 g/mol. The normalized spacial score (nSPS) is 16.2. The maximum atomic E-state index is 13.1. The molecule has 7 heteroatoms. The highest BCUT2D eigenvalue weighted by Gasteiger charge is 2.34. The number of aryl methyl sites for hydroxylation is 1. The fourth-order valence-corrected chi connectivity index (χ4v) is 4.16. The quantitative estimate of drug-likeness (QED) is 0.417. The van der Waals surface area contributed by atoms with E-state index in [1.165, 1.54) is 22.3 Å². The van der Waals surface area contributed by atoms with E-state index < -0.39 is 0 Å². The Morgan fingerprint density at radius 2 is 1.97 bits per heavy atom. The van der Waals surface area contributed by atoms with Crippen molar-refractivity contribution in [3.05, 3.63) is 83.8 Å². The fourth-order valence-electron chi connectivity index (χ4n) is 3.47. The number of oxazole rings is 1. The Bertz CT molecular complexity index is 1180. The second kappa shape index (κ2) is 7.84. The van der Waals surface area contributed by atoms with Gasteiger partial charge in [-0.2, -0.15) is 5.10 Å². The van der Waals surface area contributed by atoms with Crippen molar-refractivity contribution >= 4 is 34.5 Å². The van der Waals surface area contributed by atoms with Crippen LogP contribution in [0.2, 0.25) is 0 Å². The second-order valence-corrected chi connectivity index (χ2v) is 8.05. The molecule has 150 valence electrons. The molecule has 1 amide bonds. The number of amides is 1.